The predicted molar refractivity (Wildman–Crippen MR) is 106 cm³/mol. The van der Waals surface area contributed by atoms with Crippen molar-refractivity contribution in [3.8, 4) is 0 Å². The maximum absolute atomic E-state index is 12.1. The van der Waals surface area contributed by atoms with Gasteiger partial charge in [0.15, 0.2) is 0 Å². The average molecular weight is 343 g/mol. The topological polar surface area (TPSA) is 104 Å². The fourth-order valence-corrected chi connectivity index (χ4v) is 2.86. The summed E-state index contributed by atoms with van der Waals surface area (Å²) >= 11 is 0. The Morgan fingerprint density at radius 2 is 2.08 bits per heavy atom. The molecule has 1 aliphatic rings. The van der Waals surface area contributed by atoms with Gasteiger partial charge in [0.1, 0.15) is 5.82 Å². The van der Waals surface area contributed by atoms with Crippen LogP contribution in [0.1, 0.15) is 47.6 Å². The minimum absolute atomic E-state index is 0. The smallest absolute Gasteiger partial charge is 0.320 e. The van der Waals surface area contributed by atoms with Crippen LogP contribution < -0.4 is 16.4 Å². The summed E-state index contributed by atoms with van der Waals surface area (Å²) in [5.41, 5.74) is 8.75. The van der Waals surface area contributed by atoms with E-state index in [-0.39, 0.29) is 22.3 Å². The molecule has 3 rings (SSSR count). The number of pyridine rings is 1. The summed E-state index contributed by atoms with van der Waals surface area (Å²) in [6.07, 6.45) is 4.82. The van der Waals surface area contributed by atoms with Gasteiger partial charge in [0.25, 0.3) is 0 Å². The van der Waals surface area contributed by atoms with Crippen molar-refractivity contribution < 1.29 is 9.07 Å². The third-order valence-electron chi connectivity index (χ3n) is 4.63. The first-order valence-corrected chi connectivity index (χ1v) is 8.51. The van der Waals surface area contributed by atoms with Gasteiger partial charge in [-0.1, -0.05) is 36.8 Å². The van der Waals surface area contributed by atoms with Crippen LogP contribution in [0.2, 0.25) is 0 Å². The van der Waals surface area contributed by atoms with Crippen LogP contribution in [0.5, 0.6) is 0 Å². The maximum Gasteiger partial charge on any atom is 0.320 e. The van der Waals surface area contributed by atoms with Gasteiger partial charge < -0.3 is 16.5 Å². The van der Waals surface area contributed by atoms with Gasteiger partial charge in [0, 0.05) is 39.4 Å². The number of benzene rings is 1. The summed E-state index contributed by atoms with van der Waals surface area (Å²) in [4.78, 5) is 16.4. The highest BCUT2D eigenvalue weighted by Crippen LogP contribution is 2.31. The van der Waals surface area contributed by atoms with Gasteiger partial charge in [-0.15, -0.1) is 0 Å². The van der Waals surface area contributed by atoms with Crippen LogP contribution in [0.4, 0.5) is 16.3 Å². The van der Waals surface area contributed by atoms with Crippen molar-refractivity contribution in [1.82, 2.24) is 10.3 Å². The molecular formula is C19H29N5O. The van der Waals surface area contributed by atoms with E-state index in [1.165, 1.54) is 6.42 Å². The predicted octanol–water partition coefficient (Wildman–Crippen LogP) is 4.45. The second-order valence-electron chi connectivity index (χ2n) is 6.43. The summed E-state index contributed by atoms with van der Waals surface area (Å²) in [6, 6.07) is 10.9. The molecular weight excluding hydrogens is 314 g/mol. The highest BCUT2D eigenvalue weighted by molar-refractivity contribution is 6.04. The lowest BCUT2D eigenvalue weighted by atomic mass is 9.79. The molecule has 0 bridgehead atoms. The van der Waals surface area contributed by atoms with Gasteiger partial charge in [0.05, 0.1) is 6.04 Å². The van der Waals surface area contributed by atoms with E-state index in [2.05, 4.69) is 15.6 Å². The molecule has 0 saturated heterocycles. The molecule has 6 heteroatoms. The average Bonchev–Trinajstić information content (AvgIpc) is 2.54. The molecule has 0 radical (unpaired) electrons. The number of carbonyl (C=O) groups excluding carboxylic acids is 1. The molecule has 136 valence electrons. The first-order valence-electron chi connectivity index (χ1n) is 8.51. The van der Waals surface area contributed by atoms with Crippen molar-refractivity contribution in [3.05, 3.63) is 53.7 Å². The Hall–Kier alpha value is -2.89. The minimum Gasteiger partial charge on any atom is -0.398 e. The highest BCUT2D eigenvalue weighted by atomic mass is 16.2. The number of carbonyl (C=O) groups is 1. The molecule has 1 atom stereocenters. The van der Waals surface area contributed by atoms with Crippen molar-refractivity contribution in [2.75, 3.05) is 11.1 Å². The molecule has 0 aliphatic heterocycles. The lowest BCUT2D eigenvalue weighted by Gasteiger charge is -2.26. The van der Waals surface area contributed by atoms with E-state index in [1.807, 2.05) is 37.3 Å². The Bertz CT molecular complexity index is 784. The standard InChI is InChI=1S/C19H23N5O.3H2/c1-12(13-6-3-2-4-7-13)23-19(25)24-17-10-16(20)15(11-22-17)18(21)14-8-5-9-14;;;/h2-4,6-7,10-12,14,21H,5,8-9H2,1H3,(H4,20,22,23,24,25);3*1H/t12-;;;/m1.../s1. The Balaban J connectivity index is 0.00000243. The lowest BCUT2D eigenvalue weighted by Crippen LogP contribution is -2.31. The molecule has 1 aliphatic carbocycles. The molecule has 5 N–H and O–H groups in total. The van der Waals surface area contributed by atoms with Crippen LogP contribution in [0.15, 0.2) is 42.6 Å². The van der Waals surface area contributed by atoms with Crippen LogP contribution in [0.25, 0.3) is 0 Å². The molecule has 1 fully saturated rings. The summed E-state index contributed by atoms with van der Waals surface area (Å²) in [7, 11) is 0. The lowest BCUT2D eigenvalue weighted by molar-refractivity contribution is 0.249. The van der Waals surface area contributed by atoms with Crippen molar-refractivity contribution in [1.29, 1.82) is 5.41 Å². The summed E-state index contributed by atoms with van der Waals surface area (Å²) in [6.45, 7) is 1.92. The van der Waals surface area contributed by atoms with E-state index < -0.39 is 0 Å². The number of aromatic nitrogens is 1. The third kappa shape index (κ3) is 3.96. The van der Waals surface area contributed by atoms with Crippen LogP contribution in [0, 0.1) is 11.3 Å². The number of nitrogens with two attached hydrogens (primary N) is 1. The molecule has 0 unspecified atom stereocenters. The Labute approximate surface area is 151 Å². The molecule has 2 aromatic rings. The van der Waals surface area contributed by atoms with E-state index >= 15 is 0 Å². The number of anilines is 2. The van der Waals surface area contributed by atoms with Crippen molar-refractivity contribution in [3.63, 3.8) is 0 Å². The van der Waals surface area contributed by atoms with Gasteiger partial charge in [-0.3, -0.25) is 5.32 Å². The highest BCUT2D eigenvalue weighted by Gasteiger charge is 2.24. The maximum atomic E-state index is 12.1. The fourth-order valence-electron chi connectivity index (χ4n) is 2.86. The monoisotopic (exact) mass is 343 g/mol. The number of hydrogen-bond donors (Lipinski definition) is 4. The summed E-state index contributed by atoms with van der Waals surface area (Å²) < 4.78 is 0. The number of nitrogen functional groups attached to an aromatic ring is 1. The van der Waals surface area contributed by atoms with E-state index in [0.29, 0.717) is 22.8 Å². The number of rotatable bonds is 5. The Morgan fingerprint density at radius 1 is 1.36 bits per heavy atom. The second-order valence-corrected chi connectivity index (χ2v) is 6.43. The first kappa shape index (κ1) is 17.0. The fraction of sp³-hybridized carbons (Fsp3) is 0.316. The zero-order valence-corrected chi connectivity index (χ0v) is 14.3. The van der Waals surface area contributed by atoms with Gasteiger partial charge >= 0.3 is 6.03 Å². The molecule has 1 heterocycles. The minimum atomic E-state index is -0.343. The van der Waals surface area contributed by atoms with Crippen LogP contribution in [-0.4, -0.2) is 16.7 Å². The van der Waals surface area contributed by atoms with Crippen LogP contribution >= 0.6 is 0 Å². The summed E-state index contributed by atoms with van der Waals surface area (Å²) in [5, 5.41) is 13.8. The number of hydrogen-bond acceptors (Lipinski definition) is 4. The zero-order chi connectivity index (χ0) is 17.8. The molecule has 1 saturated carbocycles. The Kier molecular flexibility index (Phi) is 4.97. The van der Waals surface area contributed by atoms with Gasteiger partial charge in [-0.2, -0.15) is 0 Å². The second kappa shape index (κ2) is 7.34. The zero-order valence-electron chi connectivity index (χ0n) is 14.3. The van der Waals surface area contributed by atoms with E-state index in [9.17, 15) is 4.79 Å². The number of nitrogens with zero attached hydrogens (tertiary/aromatic N) is 1. The van der Waals surface area contributed by atoms with E-state index in [4.69, 9.17) is 11.1 Å². The van der Waals surface area contributed by atoms with Gasteiger partial charge in [0.2, 0.25) is 0 Å². The molecule has 1 aromatic carbocycles. The normalized spacial score (nSPS) is 15.1. The van der Waals surface area contributed by atoms with Crippen molar-refractivity contribution >= 4 is 23.2 Å². The molecule has 1 aromatic heterocycles. The van der Waals surface area contributed by atoms with Crippen LogP contribution in [-0.2, 0) is 0 Å². The molecule has 6 nitrogen and oxygen atoms in total. The van der Waals surface area contributed by atoms with E-state index in [0.717, 1.165) is 18.4 Å². The number of nitrogens with one attached hydrogen (secondary N) is 3. The largest absolute Gasteiger partial charge is 0.398 e. The third-order valence-corrected chi connectivity index (χ3v) is 4.63. The molecule has 25 heavy (non-hydrogen) atoms. The van der Waals surface area contributed by atoms with E-state index in [1.54, 1.807) is 12.3 Å². The van der Waals surface area contributed by atoms with Gasteiger partial charge in [-0.25, -0.2) is 9.78 Å². The molecule has 0 spiro atoms. The number of amides is 2. The molecule has 2 amide bonds. The Morgan fingerprint density at radius 3 is 2.68 bits per heavy atom. The summed E-state index contributed by atoms with van der Waals surface area (Å²) in [5.74, 6) is 0.665. The van der Waals surface area contributed by atoms with Crippen molar-refractivity contribution in [2.24, 2.45) is 5.92 Å². The van der Waals surface area contributed by atoms with Gasteiger partial charge in [-0.05, 0) is 25.3 Å². The van der Waals surface area contributed by atoms with Crippen LogP contribution in [0.3, 0.4) is 0 Å². The first-order chi connectivity index (χ1) is 12.0. The van der Waals surface area contributed by atoms with Crippen molar-refractivity contribution in [2.45, 2.75) is 32.2 Å². The SMILES string of the molecule is C[C@@H](NC(=O)Nc1cc(N)c(C(=N)C2CCC2)cn1)c1ccccc1.[HH].[HH].[HH]. The number of urea groups is 1. The quantitative estimate of drug-likeness (QED) is 0.603.